The molecule has 0 bridgehead atoms. The van der Waals surface area contributed by atoms with Crippen LogP contribution in [0.25, 0.3) is 0 Å². The molecule has 0 saturated heterocycles. The van der Waals surface area contributed by atoms with Gasteiger partial charge in [0.2, 0.25) is 5.91 Å². The maximum Gasteiger partial charge on any atom is 0.336 e. The maximum absolute atomic E-state index is 13.0. The summed E-state index contributed by atoms with van der Waals surface area (Å²) >= 11 is 6.01. The van der Waals surface area contributed by atoms with Gasteiger partial charge in [-0.25, -0.2) is 4.79 Å². The molecular formula is C23H24ClNO3. The number of hydrogen-bond donors (Lipinski definition) is 0. The van der Waals surface area contributed by atoms with Gasteiger partial charge in [-0.1, -0.05) is 54.1 Å². The molecule has 0 N–H and O–H groups in total. The quantitative estimate of drug-likeness (QED) is 0.661. The molecule has 1 aliphatic heterocycles. The number of ether oxygens (including phenoxy) is 1. The first kappa shape index (κ1) is 20.2. The Bertz CT molecular complexity index is 888. The molecule has 1 atom stereocenters. The van der Waals surface area contributed by atoms with Gasteiger partial charge in [-0.3, -0.25) is 4.79 Å². The molecule has 0 aromatic heterocycles. The number of benzene rings is 2. The summed E-state index contributed by atoms with van der Waals surface area (Å²) in [4.78, 5) is 27.6. The molecule has 1 heterocycles. The van der Waals surface area contributed by atoms with E-state index in [9.17, 15) is 9.59 Å². The first-order valence-corrected chi connectivity index (χ1v) is 9.76. The predicted octanol–water partition coefficient (Wildman–Crippen LogP) is 5.08. The molecule has 0 saturated carbocycles. The van der Waals surface area contributed by atoms with Crippen LogP contribution in [0.5, 0.6) is 0 Å². The Morgan fingerprint density at radius 2 is 1.79 bits per heavy atom. The van der Waals surface area contributed by atoms with Gasteiger partial charge in [-0.2, -0.15) is 0 Å². The summed E-state index contributed by atoms with van der Waals surface area (Å²) in [5.41, 5.74) is 3.07. The third-order valence-corrected chi connectivity index (χ3v) is 5.09. The first-order chi connectivity index (χ1) is 13.4. The Morgan fingerprint density at radius 1 is 1.14 bits per heavy atom. The van der Waals surface area contributed by atoms with Crippen molar-refractivity contribution in [2.45, 2.75) is 45.8 Å². The smallest absolute Gasteiger partial charge is 0.336 e. The van der Waals surface area contributed by atoms with Gasteiger partial charge in [0.1, 0.15) is 0 Å². The molecule has 0 aliphatic carbocycles. The fourth-order valence-electron chi connectivity index (χ4n) is 3.49. The van der Waals surface area contributed by atoms with Crippen LogP contribution in [-0.4, -0.2) is 22.9 Å². The summed E-state index contributed by atoms with van der Waals surface area (Å²) in [5.74, 6) is -0.733. The minimum Gasteiger partial charge on any atom is -0.460 e. The molecule has 5 heteroatoms. The SMILES string of the molecule is CC1=C(C(=O)OC(C)C)[C@H](c2ccc(Cl)cc2)CC(=O)N1Cc1ccccc1. The van der Waals surface area contributed by atoms with Gasteiger partial charge >= 0.3 is 5.97 Å². The van der Waals surface area contributed by atoms with Crippen molar-refractivity contribution in [1.29, 1.82) is 0 Å². The summed E-state index contributed by atoms with van der Waals surface area (Å²) in [7, 11) is 0. The van der Waals surface area contributed by atoms with Crippen molar-refractivity contribution >= 4 is 23.5 Å². The summed E-state index contributed by atoms with van der Waals surface area (Å²) < 4.78 is 5.51. The lowest BCUT2D eigenvalue weighted by atomic mass is 9.83. The highest BCUT2D eigenvalue weighted by Gasteiger charge is 2.37. The first-order valence-electron chi connectivity index (χ1n) is 9.38. The van der Waals surface area contributed by atoms with E-state index in [1.807, 2.05) is 63.2 Å². The lowest BCUT2D eigenvalue weighted by molar-refractivity contribution is -0.143. The Balaban J connectivity index is 2.02. The molecule has 2 aromatic carbocycles. The van der Waals surface area contributed by atoms with Gasteiger partial charge < -0.3 is 9.64 Å². The molecule has 1 aliphatic rings. The van der Waals surface area contributed by atoms with Crippen molar-refractivity contribution in [2.24, 2.45) is 0 Å². The number of nitrogens with zero attached hydrogens (tertiary/aromatic N) is 1. The number of esters is 1. The van der Waals surface area contributed by atoms with E-state index in [2.05, 4.69) is 0 Å². The molecule has 146 valence electrons. The lowest BCUT2D eigenvalue weighted by Crippen LogP contribution is -2.38. The van der Waals surface area contributed by atoms with Crippen LogP contribution in [-0.2, 0) is 20.9 Å². The number of hydrogen-bond acceptors (Lipinski definition) is 3. The number of halogens is 1. The second kappa shape index (κ2) is 8.61. The van der Waals surface area contributed by atoms with Crippen LogP contribution in [0.3, 0.4) is 0 Å². The van der Waals surface area contributed by atoms with Crippen LogP contribution in [0.1, 0.15) is 44.2 Å². The van der Waals surface area contributed by atoms with Gasteiger partial charge in [-0.05, 0) is 44.0 Å². The summed E-state index contributed by atoms with van der Waals surface area (Å²) in [5, 5.41) is 0.614. The van der Waals surface area contributed by atoms with E-state index >= 15 is 0 Å². The zero-order chi connectivity index (χ0) is 20.3. The van der Waals surface area contributed by atoms with Crippen LogP contribution in [0.15, 0.2) is 65.9 Å². The fraction of sp³-hybridized carbons (Fsp3) is 0.304. The summed E-state index contributed by atoms with van der Waals surface area (Å²) in [6.45, 7) is 5.89. The van der Waals surface area contributed by atoms with E-state index in [1.54, 1.807) is 17.0 Å². The topological polar surface area (TPSA) is 46.6 Å². The van der Waals surface area contributed by atoms with E-state index in [0.29, 0.717) is 22.8 Å². The fourth-order valence-corrected chi connectivity index (χ4v) is 3.62. The minimum absolute atomic E-state index is 0.0117. The highest BCUT2D eigenvalue weighted by Crippen LogP contribution is 2.38. The van der Waals surface area contributed by atoms with Crippen molar-refractivity contribution < 1.29 is 14.3 Å². The van der Waals surface area contributed by atoms with Gasteiger partial charge in [-0.15, -0.1) is 0 Å². The van der Waals surface area contributed by atoms with Crippen LogP contribution in [0.4, 0.5) is 0 Å². The minimum atomic E-state index is -0.377. The van der Waals surface area contributed by atoms with Crippen LogP contribution in [0.2, 0.25) is 5.02 Å². The molecular weight excluding hydrogens is 374 g/mol. The average Bonchev–Trinajstić information content (AvgIpc) is 2.65. The molecule has 28 heavy (non-hydrogen) atoms. The van der Waals surface area contributed by atoms with Crippen molar-refractivity contribution in [3.8, 4) is 0 Å². The molecule has 3 rings (SSSR count). The second-order valence-corrected chi connectivity index (χ2v) is 7.66. The van der Waals surface area contributed by atoms with Crippen LogP contribution >= 0.6 is 11.6 Å². The maximum atomic E-state index is 13.0. The Kier molecular flexibility index (Phi) is 6.20. The molecule has 0 radical (unpaired) electrons. The average molecular weight is 398 g/mol. The van der Waals surface area contributed by atoms with Crippen LogP contribution < -0.4 is 0 Å². The van der Waals surface area contributed by atoms with Crippen molar-refractivity contribution in [1.82, 2.24) is 4.90 Å². The molecule has 0 fully saturated rings. The Morgan fingerprint density at radius 3 is 2.39 bits per heavy atom. The predicted molar refractivity (Wildman–Crippen MR) is 110 cm³/mol. The largest absolute Gasteiger partial charge is 0.460 e. The van der Waals surface area contributed by atoms with Crippen LogP contribution in [0, 0.1) is 0 Å². The van der Waals surface area contributed by atoms with Crippen molar-refractivity contribution in [3.63, 3.8) is 0 Å². The second-order valence-electron chi connectivity index (χ2n) is 7.23. The standard InChI is InChI=1S/C23H24ClNO3/c1-15(2)28-23(27)22-16(3)25(14-17-7-5-4-6-8-17)21(26)13-20(22)18-9-11-19(24)12-10-18/h4-12,15,20H,13-14H2,1-3H3/t20-/m0/s1. The molecule has 4 nitrogen and oxygen atoms in total. The molecule has 0 spiro atoms. The lowest BCUT2D eigenvalue weighted by Gasteiger charge is -2.34. The highest BCUT2D eigenvalue weighted by atomic mass is 35.5. The molecule has 0 unspecified atom stereocenters. The van der Waals surface area contributed by atoms with E-state index in [1.165, 1.54) is 0 Å². The summed E-state index contributed by atoms with van der Waals surface area (Å²) in [6.07, 6.45) is -0.0206. The number of carbonyl (C=O) groups excluding carboxylic acids is 2. The number of amides is 1. The monoisotopic (exact) mass is 397 g/mol. The number of allylic oxidation sites excluding steroid dienone is 1. The zero-order valence-corrected chi connectivity index (χ0v) is 17.1. The van der Waals surface area contributed by atoms with E-state index in [-0.39, 0.29) is 30.3 Å². The third kappa shape index (κ3) is 4.45. The molecule has 2 aromatic rings. The Labute approximate surface area is 170 Å². The van der Waals surface area contributed by atoms with Crippen molar-refractivity contribution in [3.05, 3.63) is 82.0 Å². The van der Waals surface area contributed by atoms with Gasteiger partial charge in [0.05, 0.1) is 18.2 Å². The number of rotatable bonds is 5. The van der Waals surface area contributed by atoms with E-state index in [4.69, 9.17) is 16.3 Å². The third-order valence-electron chi connectivity index (χ3n) is 4.84. The number of carbonyl (C=O) groups is 2. The van der Waals surface area contributed by atoms with Gasteiger partial charge in [0.25, 0.3) is 0 Å². The Hall–Kier alpha value is -2.59. The van der Waals surface area contributed by atoms with Crippen molar-refractivity contribution in [2.75, 3.05) is 0 Å². The molecule has 1 amide bonds. The van der Waals surface area contributed by atoms with E-state index in [0.717, 1.165) is 11.1 Å². The highest BCUT2D eigenvalue weighted by molar-refractivity contribution is 6.30. The van der Waals surface area contributed by atoms with Gasteiger partial charge in [0, 0.05) is 23.1 Å². The van der Waals surface area contributed by atoms with E-state index < -0.39 is 0 Å². The normalized spacial score (nSPS) is 17.2. The van der Waals surface area contributed by atoms with Gasteiger partial charge in [0.15, 0.2) is 0 Å². The summed E-state index contributed by atoms with van der Waals surface area (Å²) in [6, 6.07) is 17.0. The zero-order valence-electron chi connectivity index (χ0n) is 16.3.